The van der Waals surface area contributed by atoms with E-state index < -0.39 is 17.7 Å². The van der Waals surface area contributed by atoms with Crippen molar-refractivity contribution in [3.8, 4) is 0 Å². The maximum absolute atomic E-state index is 11.8. The van der Waals surface area contributed by atoms with Crippen LogP contribution < -0.4 is 0 Å². The third-order valence-corrected chi connectivity index (χ3v) is 2.84. The predicted molar refractivity (Wildman–Crippen MR) is 78.8 cm³/mol. The zero-order chi connectivity index (χ0) is 16.6. The molecule has 7 heteroatoms. The molecule has 0 N–H and O–H groups in total. The summed E-state index contributed by atoms with van der Waals surface area (Å²) in [4.78, 5) is 25.5. The van der Waals surface area contributed by atoms with Gasteiger partial charge in [0, 0.05) is 41.2 Å². The zero-order valence-electron chi connectivity index (χ0n) is 13.5. The summed E-state index contributed by atoms with van der Waals surface area (Å²) in [5.74, 6) is -2.60. The Labute approximate surface area is 130 Å². The number of ether oxygens (including phenoxy) is 4. The Bertz CT molecular complexity index is 425. The van der Waals surface area contributed by atoms with Gasteiger partial charge in [0.1, 0.15) is 5.57 Å². The third-order valence-electron chi connectivity index (χ3n) is 2.84. The van der Waals surface area contributed by atoms with E-state index in [9.17, 15) is 9.59 Å². The number of carbonyl (C=O) groups is 2. The Morgan fingerprint density at radius 1 is 1.05 bits per heavy atom. The maximum atomic E-state index is 11.8. The Hall–Kier alpha value is -1.86. The first-order valence-corrected chi connectivity index (χ1v) is 6.96. The molecule has 0 unspecified atom stereocenters. The third kappa shape index (κ3) is 5.87. The zero-order valence-corrected chi connectivity index (χ0v) is 13.5. The van der Waals surface area contributed by atoms with Crippen LogP contribution in [0.25, 0.3) is 0 Å². The fourth-order valence-corrected chi connectivity index (χ4v) is 1.74. The van der Waals surface area contributed by atoms with Crippen molar-refractivity contribution in [3.05, 3.63) is 23.9 Å². The van der Waals surface area contributed by atoms with E-state index in [1.54, 1.807) is 26.5 Å². The topological polar surface area (TPSA) is 74.3 Å². The van der Waals surface area contributed by atoms with Crippen molar-refractivity contribution < 1.29 is 28.5 Å². The summed E-state index contributed by atoms with van der Waals surface area (Å²) in [5.41, 5.74) is -0.131. The number of carbonyl (C=O) groups excluding carboxylic acids is 2. The summed E-state index contributed by atoms with van der Waals surface area (Å²) in [6.45, 7) is 5.47. The molecule has 22 heavy (non-hydrogen) atoms. The van der Waals surface area contributed by atoms with Crippen molar-refractivity contribution in [2.24, 2.45) is 0 Å². The summed E-state index contributed by atoms with van der Waals surface area (Å²) >= 11 is 0. The first-order valence-electron chi connectivity index (χ1n) is 6.96. The van der Waals surface area contributed by atoms with Gasteiger partial charge in [-0.25, -0.2) is 9.59 Å². The summed E-state index contributed by atoms with van der Waals surface area (Å²) in [6.07, 6.45) is 4.74. The number of methoxy groups -OCH3 is 2. The van der Waals surface area contributed by atoms with Crippen molar-refractivity contribution >= 4 is 11.9 Å². The Morgan fingerprint density at radius 3 is 2.00 bits per heavy atom. The molecule has 0 spiro atoms. The first kappa shape index (κ1) is 18.2. The highest BCUT2D eigenvalue weighted by molar-refractivity contribution is 6.15. The fourth-order valence-electron chi connectivity index (χ4n) is 1.74. The van der Waals surface area contributed by atoms with E-state index in [2.05, 4.69) is 0 Å². The molecular formula is C15H23NO6. The van der Waals surface area contributed by atoms with Crippen LogP contribution in [0, 0.1) is 0 Å². The lowest BCUT2D eigenvalue weighted by Crippen LogP contribution is -2.41. The summed E-state index contributed by atoms with van der Waals surface area (Å²) in [6, 6.07) is 0. The van der Waals surface area contributed by atoms with Crippen LogP contribution in [0.5, 0.6) is 0 Å². The van der Waals surface area contributed by atoms with Gasteiger partial charge in [-0.05, 0) is 18.4 Å². The minimum Gasteiger partial charge on any atom is -0.419 e. The van der Waals surface area contributed by atoms with Gasteiger partial charge in [-0.1, -0.05) is 0 Å². The molecule has 0 amide bonds. The molecule has 1 aliphatic heterocycles. The number of nitrogens with zero attached hydrogens (tertiary/aromatic N) is 1. The molecule has 0 saturated carbocycles. The van der Waals surface area contributed by atoms with Gasteiger partial charge < -0.3 is 23.8 Å². The Kier molecular flexibility index (Phi) is 7.07. The number of rotatable bonds is 8. The monoisotopic (exact) mass is 313 g/mol. The van der Waals surface area contributed by atoms with Crippen LogP contribution in [-0.4, -0.2) is 63.1 Å². The highest BCUT2D eigenvalue weighted by Gasteiger charge is 2.38. The van der Waals surface area contributed by atoms with Crippen LogP contribution in [0.1, 0.15) is 13.8 Å². The second-order valence-corrected chi connectivity index (χ2v) is 5.12. The summed E-state index contributed by atoms with van der Waals surface area (Å²) in [7, 11) is 3.24. The van der Waals surface area contributed by atoms with E-state index in [0.29, 0.717) is 26.3 Å². The van der Waals surface area contributed by atoms with E-state index in [1.165, 1.54) is 19.9 Å². The second kappa shape index (κ2) is 8.55. The molecule has 7 nitrogen and oxygen atoms in total. The number of hydrogen-bond donors (Lipinski definition) is 0. The van der Waals surface area contributed by atoms with Crippen molar-refractivity contribution in [1.29, 1.82) is 0 Å². The lowest BCUT2D eigenvalue weighted by Gasteiger charge is -2.29. The molecule has 0 aromatic rings. The smallest absolute Gasteiger partial charge is 0.348 e. The summed E-state index contributed by atoms with van der Waals surface area (Å²) < 4.78 is 20.1. The van der Waals surface area contributed by atoms with Crippen LogP contribution in [-0.2, 0) is 28.5 Å². The van der Waals surface area contributed by atoms with Crippen molar-refractivity contribution in [3.63, 3.8) is 0 Å². The normalized spacial score (nSPS) is 17.4. The maximum Gasteiger partial charge on any atom is 0.348 e. The Morgan fingerprint density at radius 2 is 1.55 bits per heavy atom. The first-order chi connectivity index (χ1) is 10.4. The van der Waals surface area contributed by atoms with Crippen molar-refractivity contribution in [2.75, 3.05) is 40.5 Å². The molecule has 1 heterocycles. The predicted octanol–water partition coefficient (Wildman–Crippen LogP) is 0.857. The molecule has 1 rings (SSSR count). The van der Waals surface area contributed by atoms with Crippen LogP contribution in [0.3, 0.4) is 0 Å². The highest BCUT2D eigenvalue weighted by Crippen LogP contribution is 2.22. The van der Waals surface area contributed by atoms with E-state index in [4.69, 9.17) is 18.9 Å². The quantitative estimate of drug-likeness (QED) is 0.374. The van der Waals surface area contributed by atoms with E-state index in [-0.39, 0.29) is 5.57 Å². The highest BCUT2D eigenvalue weighted by atomic mass is 16.7. The molecule has 1 saturated heterocycles. The average molecular weight is 313 g/mol. The summed E-state index contributed by atoms with van der Waals surface area (Å²) in [5, 5.41) is 0. The second-order valence-electron chi connectivity index (χ2n) is 5.12. The standard InChI is InChI=1S/C15H23NO6/c1-15(2)21-13(17)12(14(18)22-15)6-5-7-16(8-10-19-3)9-11-20-4/h5-7H,8-11H2,1-4H3/b7-5+. The number of allylic oxidation sites excluding steroid dienone is 2. The van der Waals surface area contributed by atoms with Crippen LogP contribution in [0.15, 0.2) is 23.9 Å². The fraction of sp³-hybridized carbons (Fsp3) is 0.600. The van der Waals surface area contributed by atoms with Crippen molar-refractivity contribution in [1.82, 2.24) is 4.90 Å². The van der Waals surface area contributed by atoms with Crippen LogP contribution >= 0.6 is 0 Å². The number of hydrogen-bond acceptors (Lipinski definition) is 7. The SMILES string of the molecule is COCCN(/C=C/C=C1C(=O)OC(C)(C)OC1=O)CCOC. The van der Waals surface area contributed by atoms with E-state index in [0.717, 1.165) is 0 Å². The molecule has 124 valence electrons. The largest absolute Gasteiger partial charge is 0.419 e. The molecule has 0 atom stereocenters. The van der Waals surface area contributed by atoms with Gasteiger partial charge in [0.15, 0.2) is 0 Å². The average Bonchev–Trinajstić information content (AvgIpc) is 2.42. The molecule has 0 aromatic heterocycles. The van der Waals surface area contributed by atoms with Crippen LogP contribution in [0.4, 0.5) is 0 Å². The minimum absolute atomic E-state index is 0.131. The van der Waals surface area contributed by atoms with Crippen LogP contribution in [0.2, 0.25) is 0 Å². The minimum atomic E-state index is -1.22. The molecule has 0 aromatic carbocycles. The number of esters is 2. The van der Waals surface area contributed by atoms with E-state index >= 15 is 0 Å². The Balaban J connectivity index is 2.70. The van der Waals surface area contributed by atoms with Gasteiger partial charge in [0.05, 0.1) is 13.2 Å². The lowest BCUT2D eigenvalue weighted by molar-refractivity contribution is -0.222. The van der Waals surface area contributed by atoms with Gasteiger partial charge in [-0.2, -0.15) is 0 Å². The molecule has 0 radical (unpaired) electrons. The van der Waals surface area contributed by atoms with Crippen molar-refractivity contribution in [2.45, 2.75) is 19.6 Å². The van der Waals surface area contributed by atoms with E-state index in [1.807, 2.05) is 4.90 Å². The van der Waals surface area contributed by atoms with Gasteiger partial charge in [0.25, 0.3) is 5.79 Å². The molecule has 0 aliphatic carbocycles. The lowest BCUT2D eigenvalue weighted by atomic mass is 10.2. The van der Waals surface area contributed by atoms with Gasteiger partial charge >= 0.3 is 11.9 Å². The van der Waals surface area contributed by atoms with Gasteiger partial charge in [0.2, 0.25) is 0 Å². The molecule has 1 fully saturated rings. The van der Waals surface area contributed by atoms with Gasteiger partial charge in [-0.3, -0.25) is 0 Å². The molecular weight excluding hydrogens is 290 g/mol. The molecule has 0 bridgehead atoms. The number of cyclic esters (lactones) is 2. The molecule has 1 aliphatic rings. The van der Waals surface area contributed by atoms with Gasteiger partial charge in [-0.15, -0.1) is 0 Å².